The highest BCUT2D eigenvalue weighted by Crippen LogP contribution is 2.19. The lowest BCUT2D eigenvalue weighted by Gasteiger charge is -2.19. The van der Waals surface area contributed by atoms with Crippen LogP contribution < -0.4 is 16.0 Å². The number of rotatable bonds is 7. The van der Waals surface area contributed by atoms with Gasteiger partial charge >= 0.3 is 5.97 Å². The number of nitrogens with zero attached hydrogens (tertiary/aromatic N) is 2. The topological polar surface area (TPSA) is 126 Å². The standard InChI is InChI=1S/C22H22N4O4/c1-3-30-22(29)17-6-4-16(5-7-17)13-25-14-18(12-23)21(28)26(15(2)27)20-10-8-19(24)9-11-20/h4-11,14,25H,3,13,24H2,1-2H3/b18-14-. The molecule has 0 atom stereocenters. The Morgan fingerprint density at radius 3 is 2.30 bits per heavy atom. The Labute approximate surface area is 174 Å². The highest BCUT2D eigenvalue weighted by Gasteiger charge is 2.23. The Hall–Kier alpha value is -4.12. The molecule has 2 aromatic carbocycles. The van der Waals surface area contributed by atoms with Crippen molar-refractivity contribution < 1.29 is 19.1 Å². The first-order valence-electron chi connectivity index (χ1n) is 9.17. The maximum atomic E-state index is 12.7. The van der Waals surface area contributed by atoms with Crippen molar-refractivity contribution in [3.8, 4) is 6.07 Å². The number of carbonyl (C=O) groups excluding carboxylic acids is 3. The number of benzene rings is 2. The van der Waals surface area contributed by atoms with Gasteiger partial charge < -0.3 is 15.8 Å². The summed E-state index contributed by atoms with van der Waals surface area (Å²) < 4.78 is 4.93. The molecule has 0 aliphatic heterocycles. The minimum Gasteiger partial charge on any atom is -0.462 e. The summed E-state index contributed by atoms with van der Waals surface area (Å²) in [7, 11) is 0. The van der Waals surface area contributed by atoms with E-state index in [0.29, 0.717) is 30.1 Å². The molecule has 0 aromatic heterocycles. The highest BCUT2D eigenvalue weighted by atomic mass is 16.5. The molecule has 154 valence electrons. The molecule has 0 aliphatic rings. The molecule has 30 heavy (non-hydrogen) atoms. The predicted molar refractivity (Wildman–Crippen MR) is 112 cm³/mol. The summed E-state index contributed by atoms with van der Waals surface area (Å²) in [5, 5.41) is 12.3. The molecule has 2 rings (SSSR count). The number of nitrogens with one attached hydrogen (secondary N) is 1. The molecule has 8 heteroatoms. The van der Waals surface area contributed by atoms with Crippen LogP contribution in [0.5, 0.6) is 0 Å². The van der Waals surface area contributed by atoms with Crippen LogP contribution in [0.25, 0.3) is 0 Å². The minimum atomic E-state index is -0.750. The number of esters is 1. The molecule has 0 fully saturated rings. The molecule has 0 radical (unpaired) electrons. The van der Waals surface area contributed by atoms with E-state index in [9.17, 15) is 19.6 Å². The van der Waals surface area contributed by atoms with Gasteiger partial charge in [-0.25, -0.2) is 9.69 Å². The number of imide groups is 1. The van der Waals surface area contributed by atoms with E-state index in [0.717, 1.165) is 10.5 Å². The van der Waals surface area contributed by atoms with Crippen LogP contribution in [0, 0.1) is 11.3 Å². The van der Waals surface area contributed by atoms with Gasteiger partial charge in [-0.3, -0.25) is 9.59 Å². The fourth-order valence-electron chi connectivity index (χ4n) is 2.57. The van der Waals surface area contributed by atoms with Crippen LogP contribution in [0.15, 0.2) is 60.3 Å². The van der Waals surface area contributed by atoms with Gasteiger partial charge in [0.25, 0.3) is 5.91 Å². The van der Waals surface area contributed by atoms with Crippen LogP contribution in [0.1, 0.15) is 29.8 Å². The Kier molecular flexibility index (Phi) is 7.71. The van der Waals surface area contributed by atoms with Crippen molar-refractivity contribution in [3.05, 3.63) is 71.4 Å². The molecule has 3 N–H and O–H groups in total. The zero-order valence-corrected chi connectivity index (χ0v) is 16.7. The van der Waals surface area contributed by atoms with Crippen LogP contribution in [0.2, 0.25) is 0 Å². The zero-order valence-electron chi connectivity index (χ0n) is 16.7. The maximum absolute atomic E-state index is 12.7. The second kappa shape index (κ2) is 10.4. The van der Waals surface area contributed by atoms with Crippen molar-refractivity contribution in [1.82, 2.24) is 5.32 Å². The number of amides is 2. The normalized spacial score (nSPS) is 10.6. The lowest BCUT2D eigenvalue weighted by Crippen LogP contribution is -2.36. The van der Waals surface area contributed by atoms with Crippen molar-refractivity contribution in [3.63, 3.8) is 0 Å². The fourth-order valence-corrected chi connectivity index (χ4v) is 2.57. The van der Waals surface area contributed by atoms with Gasteiger partial charge in [-0.1, -0.05) is 12.1 Å². The molecule has 0 unspecified atom stereocenters. The number of ether oxygens (including phenoxy) is 1. The lowest BCUT2D eigenvalue weighted by atomic mass is 10.1. The van der Waals surface area contributed by atoms with Gasteiger partial charge in [-0.05, 0) is 48.9 Å². The average Bonchev–Trinajstić information content (AvgIpc) is 2.73. The second-order valence-corrected chi connectivity index (χ2v) is 6.22. The monoisotopic (exact) mass is 406 g/mol. The summed E-state index contributed by atoms with van der Waals surface area (Å²) in [5.41, 5.74) is 7.47. The maximum Gasteiger partial charge on any atom is 0.338 e. The van der Waals surface area contributed by atoms with Gasteiger partial charge in [-0.15, -0.1) is 0 Å². The van der Waals surface area contributed by atoms with E-state index in [2.05, 4.69) is 5.32 Å². The average molecular weight is 406 g/mol. The second-order valence-electron chi connectivity index (χ2n) is 6.22. The zero-order chi connectivity index (χ0) is 22.1. The van der Waals surface area contributed by atoms with E-state index in [1.165, 1.54) is 25.3 Å². The summed E-state index contributed by atoms with van der Waals surface area (Å²) in [4.78, 5) is 37.3. The summed E-state index contributed by atoms with van der Waals surface area (Å²) >= 11 is 0. The van der Waals surface area contributed by atoms with Crippen molar-refractivity contribution in [1.29, 1.82) is 5.26 Å². The summed E-state index contributed by atoms with van der Waals surface area (Å²) in [6.07, 6.45) is 1.26. The third-order valence-electron chi connectivity index (χ3n) is 4.04. The Morgan fingerprint density at radius 2 is 1.77 bits per heavy atom. The largest absolute Gasteiger partial charge is 0.462 e. The quantitative estimate of drug-likeness (QED) is 0.313. The van der Waals surface area contributed by atoms with Crippen molar-refractivity contribution in [2.45, 2.75) is 20.4 Å². The van der Waals surface area contributed by atoms with E-state index in [1.807, 2.05) is 6.07 Å². The Morgan fingerprint density at radius 1 is 1.13 bits per heavy atom. The highest BCUT2D eigenvalue weighted by molar-refractivity contribution is 6.21. The molecule has 0 heterocycles. The van der Waals surface area contributed by atoms with E-state index in [4.69, 9.17) is 10.5 Å². The fraction of sp³-hybridized carbons (Fsp3) is 0.182. The van der Waals surface area contributed by atoms with Crippen LogP contribution in [0.3, 0.4) is 0 Å². The number of hydrogen-bond acceptors (Lipinski definition) is 7. The van der Waals surface area contributed by atoms with Gasteiger partial charge in [0, 0.05) is 25.4 Å². The molecule has 0 bridgehead atoms. The minimum absolute atomic E-state index is 0.231. The number of anilines is 2. The van der Waals surface area contributed by atoms with Crippen molar-refractivity contribution in [2.24, 2.45) is 0 Å². The number of hydrogen-bond donors (Lipinski definition) is 2. The van der Waals surface area contributed by atoms with E-state index in [1.54, 1.807) is 43.3 Å². The number of nitriles is 1. The van der Waals surface area contributed by atoms with E-state index >= 15 is 0 Å². The predicted octanol–water partition coefficient (Wildman–Crippen LogP) is 2.52. The molecule has 0 spiro atoms. The molecule has 0 saturated carbocycles. The molecule has 8 nitrogen and oxygen atoms in total. The van der Waals surface area contributed by atoms with E-state index < -0.39 is 17.8 Å². The van der Waals surface area contributed by atoms with Crippen LogP contribution in [0.4, 0.5) is 11.4 Å². The third kappa shape index (κ3) is 5.69. The first kappa shape index (κ1) is 22.2. The first-order valence-corrected chi connectivity index (χ1v) is 9.17. The first-order chi connectivity index (χ1) is 14.4. The van der Waals surface area contributed by atoms with Gasteiger partial charge in [0.1, 0.15) is 11.6 Å². The molecular formula is C22H22N4O4. The molecule has 2 amide bonds. The molecule has 0 aliphatic carbocycles. The summed E-state index contributed by atoms with van der Waals surface area (Å²) in [6.45, 7) is 3.58. The van der Waals surface area contributed by atoms with Gasteiger partial charge in [-0.2, -0.15) is 5.26 Å². The van der Waals surface area contributed by atoms with Crippen LogP contribution in [-0.4, -0.2) is 24.4 Å². The van der Waals surface area contributed by atoms with Gasteiger partial charge in [0.2, 0.25) is 5.91 Å². The Balaban J connectivity index is 2.09. The summed E-state index contributed by atoms with van der Waals surface area (Å²) in [5.74, 6) is -1.68. The van der Waals surface area contributed by atoms with Gasteiger partial charge in [0.05, 0.1) is 17.9 Å². The van der Waals surface area contributed by atoms with Crippen molar-refractivity contribution >= 4 is 29.2 Å². The van der Waals surface area contributed by atoms with Crippen molar-refractivity contribution in [2.75, 3.05) is 17.2 Å². The molecular weight excluding hydrogens is 384 g/mol. The number of carbonyl (C=O) groups is 3. The van der Waals surface area contributed by atoms with Gasteiger partial charge in [0.15, 0.2) is 0 Å². The van der Waals surface area contributed by atoms with E-state index in [-0.39, 0.29) is 5.57 Å². The van der Waals surface area contributed by atoms with Crippen LogP contribution >= 0.6 is 0 Å². The Bertz CT molecular complexity index is 989. The number of nitrogen functional groups attached to an aromatic ring is 1. The molecule has 0 saturated heterocycles. The molecule has 2 aromatic rings. The smallest absolute Gasteiger partial charge is 0.338 e. The van der Waals surface area contributed by atoms with Crippen LogP contribution in [-0.2, 0) is 20.9 Å². The SMILES string of the molecule is CCOC(=O)c1ccc(CN/C=C(/C#N)C(=O)N(C(C)=O)c2ccc(N)cc2)cc1. The lowest BCUT2D eigenvalue weighted by molar-refractivity contribution is -0.123. The number of nitrogens with two attached hydrogens (primary N) is 1. The summed E-state index contributed by atoms with van der Waals surface area (Å²) in [6, 6.07) is 14.7. The third-order valence-corrected chi connectivity index (χ3v) is 4.04.